The number of nitrogens with one attached hydrogen (secondary N) is 2. The minimum Gasteiger partial charge on any atom is -0.454 e. The van der Waals surface area contributed by atoms with Crippen LogP contribution >= 0.6 is 0 Å². The predicted molar refractivity (Wildman–Crippen MR) is 80.7 cm³/mol. The molecule has 0 radical (unpaired) electrons. The molecule has 1 aromatic rings. The Kier molecular flexibility index (Phi) is 4.48. The molecule has 5 nitrogen and oxygen atoms in total. The number of benzene rings is 1. The van der Waals surface area contributed by atoms with Gasteiger partial charge in [0.1, 0.15) is 0 Å². The van der Waals surface area contributed by atoms with Gasteiger partial charge in [0.25, 0.3) is 0 Å². The van der Waals surface area contributed by atoms with Crippen LogP contribution in [0.25, 0.3) is 0 Å². The van der Waals surface area contributed by atoms with Crippen molar-refractivity contribution >= 4 is 11.6 Å². The summed E-state index contributed by atoms with van der Waals surface area (Å²) in [5.41, 5.74) is 0.949. The minimum absolute atomic E-state index is 0.134. The number of rotatable bonds is 5. The van der Waals surface area contributed by atoms with Gasteiger partial charge in [-0.15, -0.1) is 0 Å². The SMILES string of the molecule is O=C(CCNc1ccc2c(c1)OCO2)NC1CCCCC1. The molecule has 1 heterocycles. The maximum atomic E-state index is 11.9. The standard InChI is InChI=1S/C16H22N2O3/c19-16(18-12-4-2-1-3-5-12)8-9-17-13-6-7-14-15(10-13)21-11-20-14/h6-7,10,12,17H,1-5,8-9,11H2,(H,18,19). The van der Waals surface area contributed by atoms with E-state index in [1.807, 2.05) is 18.2 Å². The zero-order valence-corrected chi connectivity index (χ0v) is 12.2. The summed E-state index contributed by atoms with van der Waals surface area (Å²) in [6, 6.07) is 6.11. The van der Waals surface area contributed by atoms with E-state index < -0.39 is 0 Å². The molecular weight excluding hydrogens is 268 g/mol. The minimum atomic E-state index is 0.134. The fourth-order valence-corrected chi connectivity index (χ4v) is 2.87. The summed E-state index contributed by atoms with van der Waals surface area (Å²) in [6.45, 7) is 0.904. The molecule has 1 aliphatic heterocycles. The molecule has 1 saturated carbocycles. The highest BCUT2D eigenvalue weighted by molar-refractivity contribution is 5.76. The largest absolute Gasteiger partial charge is 0.454 e. The Hall–Kier alpha value is -1.91. The Morgan fingerprint density at radius 1 is 1.14 bits per heavy atom. The first-order valence-electron chi connectivity index (χ1n) is 7.74. The number of hydrogen-bond acceptors (Lipinski definition) is 4. The van der Waals surface area contributed by atoms with Crippen molar-refractivity contribution in [2.24, 2.45) is 0 Å². The summed E-state index contributed by atoms with van der Waals surface area (Å²) in [6.07, 6.45) is 6.52. The molecule has 0 unspecified atom stereocenters. The summed E-state index contributed by atoms with van der Waals surface area (Å²) in [5.74, 6) is 1.66. The molecular formula is C16H22N2O3. The zero-order chi connectivity index (χ0) is 14.5. The Balaban J connectivity index is 1.40. The highest BCUT2D eigenvalue weighted by atomic mass is 16.7. The van der Waals surface area contributed by atoms with Gasteiger partial charge in [-0.25, -0.2) is 0 Å². The average molecular weight is 290 g/mol. The summed E-state index contributed by atoms with van der Waals surface area (Å²) in [4.78, 5) is 11.9. The maximum absolute atomic E-state index is 11.9. The molecule has 114 valence electrons. The van der Waals surface area contributed by atoms with Crippen LogP contribution in [-0.4, -0.2) is 25.3 Å². The van der Waals surface area contributed by atoms with Gasteiger partial charge in [0.05, 0.1) is 0 Å². The van der Waals surface area contributed by atoms with Crippen molar-refractivity contribution < 1.29 is 14.3 Å². The van der Waals surface area contributed by atoms with Crippen molar-refractivity contribution in [3.05, 3.63) is 18.2 Å². The number of carbonyl (C=O) groups excluding carboxylic acids is 1. The molecule has 0 saturated heterocycles. The zero-order valence-electron chi connectivity index (χ0n) is 12.2. The molecule has 0 atom stereocenters. The topological polar surface area (TPSA) is 59.6 Å². The van der Waals surface area contributed by atoms with E-state index in [0.29, 0.717) is 19.0 Å². The van der Waals surface area contributed by atoms with Gasteiger partial charge in [-0.05, 0) is 25.0 Å². The number of hydrogen-bond donors (Lipinski definition) is 2. The van der Waals surface area contributed by atoms with Crippen LogP contribution in [0.2, 0.25) is 0 Å². The molecule has 1 amide bonds. The van der Waals surface area contributed by atoms with Crippen molar-refractivity contribution in [3.8, 4) is 11.5 Å². The Labute approximate surface area is 125 Å². The monoisotopic (exact) mass is 290 g/mol. The second kappa shape index (κ2) is 6.70. The third-order valence-corrected chi connectivity index (χ3v) is 4.02. The lowest BCUT2D eigenvalue weighted by molar-refractivity contribution is -0.121. The smallest absolute Gasteiger partial charge is 0.231 e. The fraction of sp³-hybridized carbons (Fsp3) is 0.562. The van der Waals surface area contributed by atoms with Gasteiger partial charge >= 0.3 is 0 Å². The summed E-state index contributed by atoms with van der Waals surface area (Å²) < 4.78 is 10.6. The van der Waals surface area contributed by atoms with E-state index in [0.717, 1.165) is 30.0 Å². The number of ether oxygens (including phenoxy) is 2. The lowest BCUT2D eigenvalue weighted by Gasteiger charge is -2.22. The molecule has 1 fully saturated rings. The predicted octanol–water partition coefficient (Wildman–Crippen LogP) is 2.67. The maximum Gasteiger partial charge on any atom is 0.231 e. The van der Waals surface area contributed by atoms with Crippen molar-refractivity contribution in [1.82, 2.24) is 5.32 Å². The van der Waals surface area contributed by atoms with Gasteiger partial charge in [-0.2, -0.15) is 0 Å². The van der Waals surface area contributed by atoms with E-state index in [-0.39, 0.29) is 12.7 Å². The van der Waals surface area contributed by atoms with Gasteiger partial charge in [0.15, 0.2) is 11.5 Å². The van der Waals surface area contributed by atoms with Crippen molar-refractivity contribution in [1.29, 1.82) is 0 Å². The van der Waals surface area contributed by atoms with E-state index in [2.05, 4.69) is 10.6 Å². The number of anilines is 1. The van der Waals surface area contributed by atoms with Gasteiger partial charge < -0.3 is 20.1 Å². The van der Waals surface area contributed by atoms with Gasteiger partial charge in [-0.1, -0.05) is 19.3 Å². The molecule has 3 rings (SSSR count). The van der Waals surface area contributed by atoms with E-state index >= 15 is 0 Å². The quantitative estimate of drug-likeness (QED) is 0.875. The van der Waals surface area contributed by atoms with Crippen LogP contribution in [0.3, 0.4) is 0 Å². The van der Waals surface area contributed by atoms with E-state index in [1.165, 1.54) is 19.3 Å². The van der Waals surface area contributed by atoms with E-state index in [4.69, 9.17) is 9.47 Å². The van der Waals surface area contributed by atoms with Crippen molar-refractivity contribution in [2.75, 3.05) is 18.7 Å². The highest BCUT2D eigenvalue weighted by Crippen LogP contribution is 2.34. The first-order valence-corrected chi connectivity index (χ1v) is 7.74. The fourth-order valence-electron chi connectivity index (χ4n) is 2.87. The number of carbonyl (C=O) groups is 1. The Morgan fingerprint density at radius 3 is 2.81 bits per heavy atom. The first kappa shape index (κ1) is 14.0. The van der Waals surface area contributed by atoms with E-state index in [1.54, 1.807) is 0 Å². The lowest BCUT2D eigenvalue weighted by Crippen LogP contribution is -2.36. The molecule has 2 N–H and O–H groups in total. The highest BCUT2D eigenvalue weighted by Gasteiger charge is 2.16. The summed E-state index contributed by atoms with van der Waals surface area (Å²) in [5, 5.41) is 6.37. The van der Waals surface area contributed by atoms with Gasteiger partial charge in [0, 0.05) is 30.8 Å². The molecule has 5 heteroatoms. The lowest BCUT2D eigenvalue weighted by atomic mass is 9.95. The molecule has 1 aliphatic carbocycles. The second-order valence-electron chi connectivity index (χ2n) is 5.65. The Bertz CT molecular complexity index is 498. The Morgan fingerprint density at radius 2 is 1.95 bits per heavy atom. The van der Waals surface area contributed by atoms with Crippen LogP contribution in [0.5, 0.6) is 11.5 Å². The van der Waals surface area contributed by atoms with Crippen molar-refractivity contribution in [2.45, 2.75) is 44.6 Å². The normalized spacial score (nSPS) is 17.5. The van der Waals surface area contributed by atoms with Crippen LogP contribution in [0, 0.1) is 0 Å². The van der Waals surface area contributed by atoms with Gasteiger partial charge in [-0.3, -0.25) is 4.79 Å². The molecule has 1 aromatic carbocycles. The van der Waals surface area contributed by atoms with Crippen LogP contribution < -0.4 is 20.1 Å². The summed E-state index contributed by atoms with van der Waals surface area (Å²) in [7, 11) is 0. The molecule has 0 aromatic heterocycles. The second-order valence-corrected chi connectivity index (χ2v) is 5.65. The first-order chi connectivity index (χ1) is 10.3. The van der Waals surface area contributed by atoms with Crippen LogP contribution in [-0.2, 0) is 4.79 Å². The molecule has 0 spiro atoms. The molecule has 2 aliphatic rings. The van der Waals surface area contributed by atoms with Crippen LogP contribution in [0.4, 0.5) is 5.69 Å². The third kappa shape index (κ3) is 3.80. The van der Waals surface area contributed by atoms with Gasteiger partial charge in [0.2, 0.25) is 12.7 Å². The number of amides is 1. The van der Waals surface area contributed by atoms with Crippen molar-refractivity contribution in [3.63, 3.8) is 0 Å². The molecule has 21 heavy (non-hydrogen) atoms. The third-order valence-electron chi connectivity index (χ3n) is 4.02. The van der Waals surface area contributed by atoms with Crippen LogP contribution in [0.1, 0.15) is 38.5 Å². The number of fused-ring (bicyclic) bond motifs is 1. The van der Waals surface area contributed by atoms with E-state index in [9.17, 15) is 4.79 Å². The average Bonchev–Trinajstić information content (AvgIpc) is 2.96. The summed E-state index contributed by atoms with van der Waals surface area (Å²) >= 11 is 0. The molecule has 0 bridgehead atoms. The van der Waals surface area contributed by atoms with Crippen LogP contribution in [0.15, 0.2) is 18.2 Å².